The third-order valence-electron chi connectivity index (χ3n) is 2.90. The SMILES string of the molecule is CC(=O)Nc1ccc(SCC(O)c2ccc(N)cc2)cc1. The van der Waals surface area contributed by atoms with Gasteiger partial charge in [-0.05, 0) is 42.0 Å². The Labute approximate surface area is 128 Å². The molecule has 21 heavy (non-hydrogen) atoms. The summed E-state index contributed by atoms with van der Waals surface area (Å²) in [6.45, 7) is 1.48. The number of nitrogens with two attached hydrogens (primary N) is 1. The molecular formula is C16H18N2O2S. The largest absolute Gasteiger partial charge is 0.399 e. The first-order chi connectivity index (χ1) is 10.0. The minimum Gasteiger partial charge on any atom is -0.399 e. The van der Waals surface area contributed by atoms with Crippen molar-refractivity contribution in [2.45, 2.75) is 17.9 Å². The van der Waals surface area contributed by atoms with E-state index in [4.69, 9.17) is 5.73 Å². The summed E-state index contributed by atoms with van der Waals surface area (Å²) in [6, 6.07) is 14.8. The lowest BCUT2D eigenvalue weighted by atomic mass is 10.1. The number of carbonyl (C=O) groups excluding carboxylic acids is 1. The molecule has 4 N–H and O–H groups in total. The second-order valence-electron chi connectivity index (χ2n) is 4.70. The highest BCUT2D eigenvalue weighted by Gasteiger charge is 2.08. The molecule has 1 atom stereocenters. The first kappa shape index (κ1) is 15.4. The smallest absolute Gasteiger partial charge is 0.221 e. The number of hydrogen-bond donors (Lipinski definition) is 3. The average Bonchev–Trinajstić information content (AvgIpc) is 2.46. The normalized spacial score (nSPS) is 11.9. The Morgan fingerprint density at radius 1 is 1.19 bits per heavy atom. The maximum absolute atomic E-state index is 10.9. The summed E-state index contributed by atoms with van der Waals surface area (Å²) >= 11 is 1.56. The molecule has 0 saturated heterocycles. The van der Waals surface area contributed by atoms with Crippen molar-refractivity contribution < 1.29 is 9.90 Å². The number of nitrogen functional groups attached to an aromatic ring is 1. The zero-order valence-electron chi connectivity index (χ0n) is 11.7. The Bertz CT molecular complexity index is 597. The number of carbonyl (C=O) groups is 1. The Kier molecular flexibility index (Phi) is 5.25. The summed E-state index contributed by atoms with van der Waals surface area (Å²) in [6.07, 6.45) is -0.536. The number of benzene rings is 2. The van der Waals surface area contributed by atoms with E-state index in [0.29, 0.717) is 11.4 Å². The van der Waals surface area contributed by atoms with E-state index in [9.17, 15) is 9.90 Å². The lowest BCUT2D eigenvalue weighted by molar-refractivity contribution is -0.114. The fourth-order valence-electron chi connectivity index (χ4n) is 1.83. The Balaban J connectivity index is 1.90. The van der Waals surface area contributed by atoms with Crippen LogP contribution in [0.4, 0.5) is 11.4 Å². The highest BCUT2D eigenvalue weighted by Crippen LogP contribution is 2.26. The molecular weight excluding hydrogens is 284 g/mol. The number of anilines is 2. The molecule has 0 aliphatic rings. The quantitative estimate of drug-likeness (QED) is 0.586. The molecule has 110 valence electrons. The summed E-state index contributed by atoms with van der Waals surface area (Å²) in [4.78, 5) is 12.0. The van der Waals surface area contributed by atoms with Gasteiger partial charge in [0.15, 0.2) is 0 Å². The summed E-state index contributed by atoms with van der Waals surface area (Å²) in [5.74, 6) is 0.470. The molecule has 0 aliphatic carbocycles. The maximum Gasteiger partial charge on any atom is 0.221 e. The molecule has 0 fully saturated rings. The van der Waals surface area contributed by atoms with Gasteiger partial charge in [-0.25, -0.2) is 0 Å². The predicted molar refractivity (Wildman–Crippen MR) is 87.3 cm³/mol. The van der Waals surface area contributed by atoms with Gasteiger partial charge < -0.3 is 16.2 Å². The molecule has 0 saturated carbocycles. The number of rotatable bonds is 5. The molecule has 0 bridgehead atoms. The topological polar surface area (TPSA) is 75.3 Å². The number of amides is 1. The monoisotopic (exact) mass is 302 g/mol. The maximum atomic E-state index is 10.9. The second-order valence-corrected chi connectivity index (χ2v) is 5.79. The number of hydrogen-bond acceptors (Lipinski definition) is 4. The van der Waals surface area contributed by atoms with Crippen LogP contribution in [-0.4, -0.2) is 16.8 Å². The highest BCUT2D eigenvalue weighted by molar-refractivity contribution is 7.99. The molecule has 1 amide bonds. The van der Waals surface area contributed by atoms with Gasteiger partial charge in [-0.1, -0.05) is 12.1 Å². The minimum absolute atomic E-state index is 0.0887. The lowest BCUT2D eigenvalue weighted by Crippen LogP contribution is -2.05. The Morgan fingerprint density at radius 2 is 1.81 bits per heavy atom. The standard InChI is InChI=1S/C16H18N2O2S/c1-11(19)18-14-6-8-15(9-7-14)21-10-16(20)12-2-4-13(17)5-3-12/h2-9,16,20H,10,17H2,1H3,(H,18,19). The van der Waals surface area contributed by atoms with Gasteiger partial charge in [0.2, 0.25) is 5.91 Å². The van der Waals surface area contributed by atoms with Crippen LogP contribution in [0.1, 0.15) is 18.6 Å². The van der Waals surface area contributed by atoms with E-state index in [1.165, 1.54) is 6.92 Å². The molecule has 2 aromatic carbocycles. The van der Waals surface area contributed by atoms with Gasteiger partial charge in [-0.15, -0.1) is 11.8 Å². The van der Waals surface area contributed by atoms with Crippen LogP contribution in [0.25, 0.3) is 0 Å². The van der Waals surface area contributed by atoms with Crippen LogP contribution in [0.2, 0.25) is 0 Å². The number of aliphatic hydroxyl groups excluding tert-OH is 1. The fourth-order valence-corrected chi connectivity index (χ4v) is 2.70. The van der Waals surface area contributed by atoms with E-state index in [1.54, 1.807) is 23.9 Å². The van der Waals surface area contributed by atoms with Crippen LogP contribution in [0, 0.1) is 0 Å². The molecule has 1 unspecified atom stereocenters. The van der Waals surface area contributed by atoms with Gasteiger partial charge in [-0.2, -0.15) is 0 Å². The summed E-state index contributed by atoms with van der Waals surface area (Å²) in [5.41, 5.74) is 7.93. The number of thioether (sulfide) groups is 1. The van der Waals surface area contributed by atoms with Crippen molar-refractivity contribution in [1.29, 1.82) is 0 Å². The Morgan fingerprint density at radius 3 is 2.38 bits per heavy atom. The lowest BCUT2D eigenvalue weighted by Gasteiger charge is -2.11. The van der Waals surface area contributed by atoms with Crippen molar-refractivity contribution in [3.63, 3.8) is 0 Å². The summed E-state index contributed by atoms with van der Waals surface area (Å²) in [5, 5.41) is 12.8. The first-order valence-corrected chi connectivity index (χ1v) is 7.57. The predicted octanol–water partition coefficient (Wildman–Crippen LogP) is 3.05. The average molecular weight is 302 g/mol. The molecule has 2 aromatic rings. The van der Waals surface area contributed by atoms with Crippen LogP contribution in [0.3, 0.4) is 0 Å². The van der Waals surface area contributed by atoms with Crippen molar-refractivity contribution in [1.82, 2.24) is 0 Å². The van der Waals surface area contributed by atoms with Crippen LogP contribution >= 0.6 is 11.8 Å². The van der Waals surface area contributed by atoms with Gasteiger partial charge in [0, 0.05) is 28.9 Å². The fraction of sp³-hybridized carbons (Fsp3) is 0.188. The molecule has 0 aliphatic heterocycles. The third kappa shape index (κ3) is 4.81. The Hall–Kier alpha value is -1.98. The van der Waals surface area contributed by atoms with Gasteiger partial charge in [0.25, 0.3) is 0 Å². The minimum atomic E-state index is -0.536. The van der Waals surface area contributed by atoms with Crippen molar-refractivity contribution in [2.75, 3.05) is 16.8 Å². The van der Waals surface area contributed by atoms with Crippen LogP contribution in [0.15, 0.2) is 53.4 Å². The molecule has 2 rings (SSSR count). The molecule has 0 spiro atoms. The van der Waals surface area contributed by atoms with Crippen LogP contribution in [0.5, 0.6) is 0 Å². The van der Waals surface area contributed by atoms with E-state index >= 15 is 0 Å². The zero-order chi connectivity index (χ0) is 15.2. The van der Waals surface area contributed by atoms with Crippen molar-refractivity contribution in [3.8, 4) is 0 Å². The van der Waals surface area contributed by atoms with Crippen LogP contribution < -0.4 is 11.1 Å². The molecule has 5 heteroatoms. The van der Waals surface area contributed by atoms with E-state index < -0.39 is 6.10 Å². The first-order valence-electron chi connectivity index (χ1n) is 6.58. The number of aliphatic hydroxyl groups is 1. The van der Waals surface area contributed by atoms with Crippen LogP contribution in [-0.2, 0) is 4.79 Å². The summed E-state index contributed by atoms with van der Waals surface area (Å²) < 4.78 is 0. The van der Waals surface area contributed by atoms with Gasteiger partial charge in [-0.3, -0.25) is 4.79 Å². The second kappa shape index (κ2) is 7.15. The van der Waals surface area contributed by atoms with Crippen molar-refractivity contribution in [3.05, 3.63) is 54.1 Å². The van der Waals surface area contributed by atoms with E-state index in [1.807, 2.05) is 36.4 Å². The van der Waals surface area contributed by atoms with Crippen molar-refractivity contribution in [2.24, 2.45) is 0 Å². The molecule has 0 heterocycles. The van der Waals surface area contributed by atoms with Gasteiger partial charge >= 0.3 is 0 Å². The third-order valence-corrected chi connectivity index (χ3v) is 3.99. The van der Waals surface area contributed by atoms with Gasteiger partial charge in [0.05, 0.1) is 6.10 Å². The van der Waals surface area contributed by atoms with Crippen molar-refractivity contribution >= 4 is 29.0 Å². The van der Waals surface area contributed by atoms with E-state index in [-0.39, 0.29) is 5.91 Å². The highest BCUT2D eigenvalue weighted by atomic mass is 32.2. The zero-order valence-corrected chi connectivity index (χ0v) is 12.6. The van der Waals surface area contributed by atoms with E-state index in [0.717, 1.165) is 16.1 Å². The van der Waals surface area contributed by atoms with Gasteiger partial charge in [0.1, 0.15) is 0 Å². The summed E-state index contributed by atoms with van der Waals surface area (Å²) in [7, 11) is 0. The molecule has 0 aromatic heterocycles. The molecule has 4 nitrogen and oxygen atoms in total. The van der Waals surface area contributed by atoms with E-state index in [2.05, 4.69) is 5.32 Å². The number of nitrogens with one attached hydrogen (secondary N) is 1. The molecule has 0 radical (unpaired) electrons.